The largest absolute Gasteiger partial charge is 0.340 e. The monoisotopic (exact) mass is 838 g/mol. The Morgan fingerprint density at radius 2 is 1.35 bits per heavy atom. The molecule has 1 radical (unpaired) electrons. The van der Waals surface area contributed by atoms with Gasteiger partial charge in [0.2, 0.25) is 0 Å². The first-order valence-electron chi connectivity index (χ1n) is 16.8. The van der Waals surface area contributed by atoms with E-state index < -0.39 is 0 Å². The first kappa shape index (κ1) is 33.8. The molecule has 4 heterocycles. The van der Waals surface area contributed by atoms with Gasteiger partial charge in [0.15, 0.2) is 0 Å². The molecule has 0 atom stereocenters. The van der Waals surface area contributed by atoms with Crippen LogP contribution in [0.2, 0.25) is 0 Å². The first-order valence-corrected chi connectivity index (χ1v) is 16.8. The van der Waals surface area contributed by atoms with Crippen LogP contribution in [0.5, 0.6) is 0 Å². The molecule has 0 N–H and O–H groups in total. The van der Waals surface area contributed by atoms with Crippen LogP contribution in [0.1, 0.15) is 22.3 Å². The van der Waals surface area contributed by atoms with Crippen molar-refractivity contribution in [1.82, 2.24) is 24.1 Å². The minimum Gasteiger partial charge on any atom is -0.340 e. The molecule has 0 aliphatic heterocycles. The fraction of sp³-hybridized carbons (Fsp3) is 0.0889. The molecule has 0 aliphatic rings. The summed E-state index contributed by atoms with van der Waals surface area (Å²) in [5, 5.41) is 8.50. The second-order valence-electron chi connectivity index (χ2n) is 12.7. The van der Waals surface area contributed by atoms with Gasteiger partial charge in [0.1, 0.15) is 0 Å². The average Bonchev–Trinajstić information content (AvgIpc) is 3.82. The standard InChI is InChI=1S/C27H18N3.C18H17N2.Ir/c1-18-14-15-24-27(26(18)22-13-7-8-16-28-22)21-12-6-5-11-20(21)25-17-23(29-30(24)25)19-9-3-2-4-10-19;1-13-11-14(2)17(15(3)12-13)20-10-9-19-18(20)16-7-5-4-6-8-16;/h2-14,16-17H,1H3;4-7,9-12H,1-3H3;/q2*-1;. The number of hydrogen-bond acceptors (Lipinski definition) is 3. The quantitative estimate of drug-likeness (QED) is 0.131. The fourth-order valence-corrected chi connectivity index (χ4v) is 7.09. The Kier molecular flexibility index (Phi) is 9.46. The van der Waals surface area contributed by atoms with Crippen molar-refractivity contribution in [2.24, 2.45) is 0 Å². The molecule has 6 heteroatoms. The third kappa shape index (κ3) is 6.29. The van der Waals surface area contributed by atoms with Crippen LogP contribution in [0.4, 0.5) is 0 Å². The van der Waals surface area contributed by atoms with E-state index in [0.29, 0.717) is 0 Å². The van der Waals surface area contributed by atoms with Gasteiger partial charge in [0.05, 0.1) is 17.0 Å². The number of imidazole rings is 1. The third-order valence-electron chi connectivity index (χ3n) is 9.16. The van der Waals surface area contributed by atoms with Crippen LogP contribution in [0, 0.1) is 39.8 Å². The molecular formula is C45H35IrN5-2. The van der Waals surface area contributed by atoms with Crippen LogP contribution < -0.4 is 0 Å². The Morgan fingerprint density at radius 1 is 0.627 bits per heavy atom. The SMILES string of the molecule is Cc1c[c-]c2c(c1-c1ccccn1)c1ccccc1c1cc(-c3ccccc3)nn21.Cc1cc(C)c(-n2ccnc2-c2[c-]cccc2)c(C)c1.[Ir]. The molecule has 0 unspecified atom stereocenters. The number of nitrogens with zero attached hydrogens (tertiary/aromatic N) is 5. The van der Waals surface area contributed by atoms with Crippen molar-refractivity contribution in [2.75, 3.05) is 0 Å². The van der Waals surface area contributed by atoms with Crippen molar-refractivity contribution in [1.29, 1.82) is 0 Å². The van der Waals surface area contributed by atoms with E-state index in [0.717, 1.165) is 55.9 Å². The predicted octanol–water partition coefficient (Wildman–Crippen LogP) is 10.7. The van der Waals surface area contributed by atoms with Gasteiger partial charge in [-0.25, -0.2) is 0 Å². The Morgan fingerprint density at radius 3 is 2.08 bits per heavy atom. The Balaban J connectivity index is 0.000000169. The van der Waals surface area contributed by atoms with E-state index in [-0.39, 0.29) is 20.1 Å². The van der Waals surface area contributed by atoms with Crippen LogP contribution in [-0.4, -0.2) is 24.1 Å². The average molecular weight is 838 g/mol. The second-order valence-corrected chi connectivity index (χ2v) is 12.7. The summed E-state index contributed by atoms with van der Waals surface area (Å²) in [5.74, 6) is 0.931. The van der Waals surface area contributed by atoms with Gasteiger partial charge in [0.25, 0.3) is 0 Å². The van der Waals surface area contributed by atoms with Gasteiger partial charge in [-0.1, -0.05) is 102 Å². The van der Waals surface area contributed by atoms with Gasteiger partial charge in [-0.15, -0.1) is 41.5 Å². The van der Waals surface area contributed by atoms with Crippen molar-refractivity contribution in [3.05, 3.63) is 174 Å². The molecule has 9 aromatic rings. The van der Waals surface area contributed by atoms with Gasteiger partial charge >= 0.3 is 0 Å². The van der Waals surface area contributed by atoms with E-state index in [1.54, 1.807) is 0 Å². The van der Waals surface area contributed by atoms with Gasteiger partial charge in [-0.3, -0.25) is 14.5 Å². The Hall–Kier alpha value is -5.68. The van der Waals surface area contributed by atoms with Crippen molar-refractivity contribution in [3.63, 3.8) is 0 Å². The van der Waals surface area contributed by atoms with E-state index in [1.807, 2.05) is 83.8 Å². The summed E-state index contributed by atoms with van der Waals surface area (Å²) in [6.45, 7) is 8.54. The van der Waals surface area contributed by atoms with Crippen LogP contribution in [0.15, 0.2) is 140 Å². The maximum absolute atomic E-state index is 4.99. The predicted molar refractivity (Wildman–Crippen MR) is 204 cm³/mol. The fourth-order valence-electron chi connectivity index (χ4n) is 7.09. The third-order valence-corrected chi connectivity index (χ3v) is 9.16. The molecule has 0 amide bonds. The van der Waals surface area contributed by atoms with Crippen LogP contribution >= 0.6 is 0 Å². The zero-order valence-electron chi connectivity index (χ0n) is 28.8. The molecule has 0 saturated heterocycles. The smallest absolute Gasteiger partial charge is 0.0933 e. The van der Waals surface area contributed by atoms with Crippen molar-refractivity contribution in [3.8, 4) is 39.6 Å². The molecule has 251 valence electrons. The van der Waals surface area contributed by atoms with E-state index in [2.05, 4.69) is 115 Å². The molecule has 5 nitrogen and oxygen atoms in total. The summed E-state index contributed by atoms with van der Waals surface area (Å²) in [7, 11) is 0. The molecule has 0 aliphatic carbocycles. The van der Waals surface area contributed by atoms with E-state index >= 15 is 0 Å². The van der Waals surface area contributed by atoms with Crippen molar-refractivity contribution >= 4 is 27.2 Å². The normalized spacial score (nSPS) is 11.0. The minimum absolute atomic E-state index is 0. The van der Waals surface area contributed by atoms with Crippen LogP contribution in [0.3, 0.4) is 0 Å². The molecule has 0 bridgehead atoms. The topological polar surface area (TPSA) is 48.0 Å². The van der Waals surface area contributed by atoms with Gasteiger partial charge in [-0.05, 0) is 61.0 Å². The van der Waals surface area contributed by atoms with Gasteiger partial charge < -0.3 is 4.57 Å². The number of aromatic nitrogens is 5. The summed E-state index contributed by atoms with van der Waals surface area (Å²) < 4.78 is 4.18. The summed E-state index contributed by atoms with van der Waals surface area (Å²) in [5.41, 5.74) is 13.4. The summed E-state index contributed by atoms with van der Waals surface area (Å²) in [4.78, 5) is 9.16. The zero-order valence-corrected chi connectivity index (χ0v) is 31.2. The number of benzene rings is 5. The number of pyridine rings is 2. The summed E-state index contributed by atoms with van der Waals surface area (Å²) >= 11 is 0. The molecular weight excluding hydrogens is 803 g/mol. The van der Waals surface area contributed by atoms with Crippen molar-refractivity contribution < 1.29 is 20.1 Å². The van der Waals surface area contributed by atoms with E-state index in [9.17, 15) is 0 Å². The molecule has 0 spiro atoms. The zero-order chi connectivity index (χ0) is 34.2. The maximum atomic E-state index is 4.99. The van der Waals surface area contributed by atoms with E-state index in [1.165, 1.54) is 33.2 Å². The number of hydrogen-bond donors (Lipinski definition) is 0. The number of rotatable bonds is 4. The molecule has 51 heavy (non-hydrogen) atoms. The summed E-state index contributed by atoms with van der Waals surface area (Å²) in [6.07, 6.45) is 5.70. The molecule has 0 fully saturated rings. The Labute approximate surface area is 311 Å². The molecule has 9 rings (SSSR count). The number of fused-ring (bicyclic) bond motifs is 6. The van der Waals surface area contributed by atoms with Gasteiger partial charge in [0, 0.05) is 55.6 Å². The van der Waals surface area contributed by atoms with Crippen molar-refractivity contribution in [2.45, 2.75) is 27.7 Å². The molecule has 5 aromatic carbocycles. The molecule has 0 saturated carbocycles. The minimum atomic E-state index is 0. The van der Waals surface area contributed by atoms with Gasteiger partial charge in [-0.2, -0.15) is 17.2 Å². The van der Waals surface area contributed by atoms with Crippen LogP contribution in [-0.2, 0) is 20.1 Å². The number of aryl methyl sites for hydroxylation is 4. The Bertz CT molecular complexity index is 2600. The van der Waals surface area contributed by atoms with E-state index in [4.69, 9.17) is 5.10 Å². The van der Waals surface area contributed by atoms with Crippen LogP contribution in [0.25, 0.3) is 66.8 Å². The first-order chi connectivity index (χ1) is 24.5. The second kappa shape index (κ2) is 14.3. The summed E-state index contributed by atoms with van der Waals surface area (Å²) in [6, 6.07) is 48.2. The molecule has 4 aromatic heterocycles. The maximum Gasteiger partial charge on any atom is 0.0933 e.